The van der Waals surface area contributed by atoms with E-state index in [0.717, 1.165) is 26.9 Å². The third-order valence-electron chi connectivity index (χ3n) is 5.00. The third-order valence-corrected chi connectivity index (χ3v) is 6.22. The van der Waals surface area contributed by atoms with Gasteiger partial charge in [0.15, 0.2) is 0 Å². The van der Waals surface area contributed by atoms with Crippen molar-refractivity contribution in [2.45, 2.75) is 26.8 Å². The van der Waals surface area contributed by atoms with E-state index < -0.39 is 17.2 Å². The van der Waals surface area contributed by atoms with Crippen LogP contribution in [-0.4, -0.2) is 30.2 Å². The summed E-state index contributed by atoms with van der Waals surface area (Å²) in [6, 6.07) is 3.75. The van der Waals surface area contributed by atoms with E-state index >= 15 is 0 Å². The molecule has 2 N–H and O–H groups in total. The number of carboxylic acids is 1. The van der Waals surface area contributed by atoms with Crippen molar-refractivity contribution < 1.29 is 9.90 Å². The largest absolute Gasteiger partial charge is 0.478 e. The van der Waals surface area contributed by atoms with E-state index in [1.165, 1.54) is 23.0 Å². The van der Waals surface area contributed by atoms with Crippen LogP contribution < -0.4 is 11.2 Å². The second-order valence-electron chi connectivity index (χ2n) is 6.58. The first-order chi connectivity index (χ1) is 13.3. The van der Waals surface area contributed by atoms with E-state index in [1.54, 1.807) is 13.1 Å². The molecule has 0 unspecified atom stereocenters. The van der Waals surface area contributed by atoms with Crippen molar-refractivity contribution in [2.75, 3.05) is 0 Å². The summed E-state index contributed by atoms with van der Waals surface area (Å²) in [5.74, 6) is -1.17. The van der Waals surface area contributed by atoms with Crippen LogP contribution in [0.3, 0.4) is 0 Å². The molecule has 0 aromatic carbocycles. The molecule has 0 atom stereocenters. The Labute approximate surface area is 162 Å². The standard InChI is InChI=1S/C19H18N4O4S/c1-4-23-17-14(16(24)22(3)19(23)27)13(18(25)26)12(28-17)8-11-9(2)21-15-10(11)6-5-7-20-15/h5-7H,4,8H2,1-3H3,(H,20,21)(H,25,26). The van der Waals surface area contributed by atoms with E-state index in [-0.39, 0.29) is 10.9 Å². The fourth-order valence-corrected chi connectivity index (χ4v) is 4.95. The van der Waals surface area contributed by atoms with Gasteiger partial charge in [0.1, 0.15) is 10.5 Å². The summed E-state index contributed by atoms with van der Waals surface area (Å²) in [4.78, 5) is 45.7. The van der Waals surface area contributed by atoms with Crippen LogP contribution in [0, 0.1) is 6.92 Å². The van der Waals surface area contributed by atoms with Gasteiger partial charge in [-0.2, -0.15) is 0 Å². The molecule has 4 aromatic rings. The quantitative estimate of drug-likeness (QED) is 0.548. The van der Waals surface area contributed by atoms with Crippen LogP contribution in [0.2, 0.25) is 0 Å². The molecule has 9 heteroatoms. The first kappa shape index (κ1) is 18.2. The summed E-state index contributed by atoms with van der Waals surface area (Å²) < 4.78 is 2.41. The normalized spacial score (nSPS) is 11.5. The number of hydrogen-bond acceptors (Lipinski definition) is 5. The van der Waals surface area contributed by atoms with Crippen LogP contribution in [-0.2, 0) is 20.0 Å². The maximum atomic E-state index is 12.7. The maximum Gasteiger partial charge on any atom is 0.337 e. The fourth-order valence-electron chi connectivity index (χ4n) is 3.60. The lowest BCUT2D eigenvalue weighted by molar-refractivity contribution is 0.0698. The van der Waals surface area contributed by atoms with E-state index in [4.69, 9.17) is 0 Å². The molecule has 0 saturated carbocycles. The highest BCUT2D eigenvalue weighted by atomic mass is 32.1. The summed E-state index contributed by atoms with van der Waals surface area (Å²) in [6.45, 7) is 4.05. The zero-order chi connectivity index (χ0) is 20.2. The van der Waals surface area contributed by atoms with Crippen molar-refractivity contribution >= 4 is 38.6 Å². The van der Waals surface area contributed by atoms with Crippen LogP contribution >= 0.6 is 11.3 Å². The van der Waals surface area contributed by atoms with E-state index in [9.17, 15) is 19.5 Å². The second-order valence-corrected chi connectivity index (χ2v) is 7.67. The van der Waals surface area contributed by atoms with Crippen LogP contribution in [0.5, 0.6) is 0 Å². The lowest BCUT2D eigenvalue weighted by Crippen LogP contribution is -2.37. The molecule has 0 aliphatic rings. The topological polar surface area (TPSA) is 110 Å². The second kappa shape index (κ2) is 6.45. The zero-order valence-electron chi connectivity index (χ0n) is 15.6. The molecule has 4 aromatic heterocycles. The molecule has 28 heavy (non-hydrogen) atoms. The van der Waals surface area contributed by atoms with E-state index in [0.29, 0.717) is 22.7 Å². The molecule has 0 spiro atoms. The molecular formula is C19H18N4O4S. The van der Waals surface area contributed by atoms with Gasteiger partial charge < -0.3 is 10.1 Å². The number of aryl methyl sites for hydroxylation is 2. The predicted molar refractivity (Wildman–Crippen MR) is 108 cm³/mol. The van der Waals surface area contributed by atoms with Crippen LogP contribution in [0.25, 0.3) is 21.3 Å². The molecule has 4 rings (SSSR count). The number of H-pyrrole nitrogens is 1. The highest BCUT2D eigenvalue weighted by Crippen LogP contribution is 2.33. The smallest absolute Gasteiger partial charge is 0.337 e. The fraction of sp³-hybridized carbons (Fsp3) is 0.263. The maximum absolute atomic E-state index is 12.7. The number of carboxylic acid groups (broad SMARTS) is 1. The molecule has 0 amide bonds. The number of aromatic amines is 1. The minimum Gasteiger partial charge on any atom is -0.478 e. The summed E-state index contributed by atoms with van der Waals surface area (Å²) >= 11 is 1.19. The number of nitrogens with one attached hydrogen (secondary N) is 1. The molecular weight excluding hydrogens is 380 g/mol. The van der Waals surface area contributed by atoms with Gasteiger partial charge in [-0.3, -0.25) is 13.9 Å². The first-order valence-electron chi connectivity index (χ1n) is 8.75. The third kappa shape index (κ3) is 2.50. The molecule has 0 aliphatic heterocycles. The van der Waals surface area contributed by atoms with Gasteiger partial charge in [-0.05, 0) is 31.5 Å². The summed E-state index contributed by atoms with van der Waals surface area (Å²) in [5.41, 5.74) is 1.50. The Morgan fingerprint density at radius 2 is 2.11 bits per heavy atom. The molecule has 0 saturated heterocycles. The van der Waals surface area contributed by atoms with Gasteiger partial charge in [-0.15, -0.1) is 11.3 Å². The molecule has 0 radical (unpaired) electrons. The van der Waals surface area contributed by atoms with E-state index in [2.05, 4.69) is 9.97 Å². The lowest BCUT2D eigenvalue weighted by atomic mass is 10.0. The van der Waals surface area contributed by atoms with Crippen LogP contribution in [0.15, 0.2) is 27.9 Å². The Balaban J connectivity index is 2.05. The Morgan fingerprint density at radius 3 is 2.79 bits per heavy atom. The minimum atomic E-state index is -1.17. The first-order valence-corrected chi connectivity index (χ1v) is 9.57. The Bertz CT molecular complexity index is 1370. The number of aromatic carboxylic acids is 1. The molecule has 8 nitrogen and oxygen atoms in total. The number of pyridine rings is 1. The van der Waals surface area contributed by atoms with Crippen LogP contribution in [0.4, 0.5) is 0 Å². The summed E-state index contributed by atoms with van der Waals surface area (Å²) in [6.07, 6.45) is 2.02. The molecule has 0 fully saturated rings. The highest BCUT2D eigenvalue weighted by Gasteiger charge is 2.26. The molecule has 4 heterocycles. The number of nitrogens with zero attached hydrogens (tertiary/aromatic N) is 3. The van der Waals surface area contributed by atoms with Crippen molar-refractivity contribution in [3.63, 3.8) is 0 Å². The van der Waals surface area contributed by atoms with Crippen molar-refractivity contribution in [1.29, 1.82) is 0 Å². The molecule has 0 aliphatic carbocycles. The summed E-state index contributed by atoms with van der Waals surface area (Å²) in [7, 11) is 1.37. The van der Waals surface area contributed by atoms with Gasteiger partial charge in [0.2, 0.25) is 0 Å². The number of rotatable bonds is 4. The van der Waals surface area contributed by atoms with Gasteiger partial charge in [-0.1, -0.05) is 0 Å². The minimum absolute atomic E-state index is 0.0274. The van der Waals surface area contributed by atoms with E-state index in [1.807, 2.05) is 19.1 Å². The van der Waals surface area contributed by atoms with Crippen molar-refractivity contribution in [2.24, 2.45) is 7.05 Å². The Kier molecular flexibility index (Phi) is 4.19. The zero-order valence-corrected chi connectivity index (χ0v) is 16.4. The van der Waals surface area contributed by atoms with Gasteiger partial charge in [-0.25, -0.2) is 14.6 Å². The number of aromatic nitrogens is 4. The predicted octanol–water partition coefficient (Wildman–Crippen LogP) is 2.26. The average molecular weight is 398 g/mol. The van der Waals surface area contributed by atoms with Crippen LogP contribution in [0.1, 0.15) is 33.4 Å². The van der Waals surface area contributed by atoms with Crippen molar-refractivity contribution in [3.05, 3.63) is 60.9 Å². The monoisotopic (exact) mass is 398 g/mol. The van der Waals surface area contributed by atoms with Gasteiger partial charge in [0, 0.05) is 42.2 Å². The number of carbonyl (C=O) groups is 1. The Morgan fingerprint density at radius 1 is 1.36 bits per heavy atom. The highest BCUT2D eigenvalue weighted by molar-refractivity contribution is 7.19. The van der Waals surface area contributed by atoms with Gasteiger partial charge >= 0.3 is 11.7 Å². The summed E-state index contributed by atoms with van der Waals surface area (Å²) in [5, 5.41) is 10.9. The van der Waals surface area contributed by atoms with Gasteiger partial charge in [0.25, 0.3) is 5.56 Å². The number of thiophene rings is 1. The number of hydrogen-bond donors (Lipinski definition) is 2. The van der Waals surface area contributed by atoms with Crippen molar-refractivity contribution in [3.8, 4) is 0 Å². The lowest BCUT2D eigenvalue weighted by Gasteiger charge is -2.06. The van der Waals surface area contributed by atoms with Gasteiger partial charge in [0.05, 0.1) is 10.9 Å². The molecule has 0 bridgehead atoms. The van der Waals surface area contributed by atoms with Crippen molar-refractivity contribution in [1.82, 2.24) is 19.1 Å². The number of fused-ring (bicyclic) bond motifs is 2. The SMILES string of the molecule is CCn1c(=O)n(C)c(=O)c2c(C(=O)O)c(Cc3c(C)[nH]c4ncccc34)sc21. The Hall–Kier alpha value is -3.20. The average Bonchev–Trinajstić information content (AvgIpc) is 3.19. The molecule has 144 valence electrons.